The number of hydrazine groups is 1. The Hall–Kier alpha value is -1.02. The lowest BCUT2D eigenvalue weighted by molar-refractivity contribution is 0.0951. The van der Waals surface area contributed by atoms with E-state index in [1.54, 1.807) is 0 Å². The molecule has 1 saturated carbocycles. The van der Waals surface area contributed by atoms with Crippen molar-refractivity contribution in [2.45, 2.75) is 44.7 Å². The third-order valence-corrected chi connectivity index (χ3v) is 4.61. The van der Waals surface area contributed by atoms with Crippen LogP contribution in [0.4, 0.5) is 0 Å². The summed E-state index contributed by atoms with van der Waals surface area (Å²) in [6, 6.07) is 0.518. The molecule has 1 aromatic rings. The third kappa shape index (κ3) is 3.99. The Kier molecular flexibility index (Phi) is 5.90. The van der Waals surface area contributed by atoms with Crippen LogP contribution in [-0.4, -0.2) is 40.1 Å². The molecule has 0 atom stereocenters. The molecule has 1 heterocycles. The molecule has 0 unspecified atom stereocenters. The SMILES string of the molecule is NNC(=O)c1nc(CN(CCO)C2CCCCC2)cs1. The number of nitrogens with two attached hydrogens (primary N) is 1. The van der Waals surface area contributed by atoms with E-state index >= 15 is 0 Å². The molecule has 7 heteroatoms. The van der Waals surface area contributed by atoms with Gasteiger partial charge in [-0.1, -0.05) is 19.3 Å². The van der Waals surface area contributed by atoms with Crippen LogP contribution in [0.25, 0.3) is 0 Å². The van der Waals surface area contributed by atoms with E-state index in [1.165, 1.54) is 43.4 Å². The molecule has 0 aliphatic heterocycles. The predicted molar refractivity (Wildman–Crippen MR) is 78.1 cm³/mol. The molecular formula is C13H22N4O2S. The first-order chi connectivity index (χ1) is 9.74. The van der Waals surface area contributed by atoms with E-state index in [-0.39, 0.29) is 12.5 Å². The monoisotopic (exact) mass is 298 g/mol. The van der Waals surface area contributed by atoms with Crippen molar-refractivity contribution in [2.24, 2.45) is 5.84 Å². The fourth-order valence-corrected chi connectivity index (χ4v) is 3.43. The van der Waals surface area contributed by atoms with Gasteiger partial charge in [0.25, 0.3) is 5.91 Å². The maximum atomic E-state index is 11.4. The number of amides is 1. The summed E-state index contributed by atoms with van der Waals surface area (Å²) in [7, 11) is 0. The largest absolute Gasteiger partial charge is 0.395 e. The number of nitrogen functional groups attached to an aromatic ring is 1. The molecule has 0 radical (unpaired) electrons. The van der Waals surface area contributed by atoms with Gasteiger partial charge in [-0.05, 0) is 12.8 Å². The van der Waals surface area contributed by atoms with E-state index < -0.39 is 0 Å². The van der Waals surface area contributed by atoms with Gasteiger partial charge in [0.1, 0.15) is 0 Å². The van der Waals surface area contributed by atoms with Crippen molar-refractivity contribution < 1.29 is 9.90 Å². The van der Waals surface area contributed by atoms with Gasteiger partial charge in [0.05, 0.1) is 12.3 Å². The second-order valence-corrected chi connectivity index (χ2v) is 5.96. The maximum Gasteiger partial charge on any atom is 0.294 e. The number of aromatic nitrogens is 1. The summed E-state index contributed by atoms with van der Waals surface area (Å²) in [5, 5.41) is 11.5. The van der Waals surface area contributed by atoms with Crippen LogP contribution in [0.2, 0.25) is 0 Å². The molecule has 1 aliphatic rings. The van der Waals surface area contributed by atoms with Crippen molar-refractivity contribution in [3.63, 3.8) is 0 Å². The highest BCUT2D eigenvalue weighted by Crippen LogP contribution is 2.24. The Bertz CT molecular complexity index is 432. The van der Waals surface area contributed by atoms with Crippen molar-refractivity contribution in [3.05, 3.63) is 16.1 Å². The van der Waals surface area contributed by atoms with E-state index in [9.17, 15) is 9.90 Å². The van der Waals surface area contributed by atoms with Gasteiger partial charge in [-0.25, -0.2) is 10.8 Å². The van der Waals surface area contributed by atoms with Crippen LogP contribution >= 0.6 is 11.3 Å². The van der Waals surface area contributed by atoms with Gasteiger partial charge >= 0.3 is 0 Å². The van der Waals surface area contributed by atoms with Crippen molar-refractivity contribution >= 4 is 17.2 Å². The molecule has 2 rings (SSSR count). The highest BCUT2D eigenvalue weighted by molar-refractivity contribution is 7.11. The molecule has 0 saturated heterocycles. The molecule has 0 bridgehead atoms. The van der Waals surface area contributed by atoms with Crippen LogP contribution in [0.1, 0.15) is 47.6 Å². The van der Waals surface area contributed by atoms with Gasteiger partial charge in [-0.2, -0.15) is 0 Å². The Morgan fingerprint density at radius 1 is 1.50 bits per heavy atom. The van der Waals surface area contributed by atoms with Crippen LogP contribution in [0, 0.1) is 0 Å². The smallest absolute Gasteiger partial charge is 0.294 e. The highest BCUT2D eigenvalue weighted by Gasteiger charge is 2.22. The minimum Gasteiger partial charge on any atom is -0.395 e. The minimum absolute atomic E-state index is 0.150. The lowest BCUT2D eigenvalue weighted by Gasteiger charge is -2.33. The summed E-state index contributed by atoms with van der Waals surface area (Å²) in [5.41, 5.74) is 2.96. The van der Waals surface area contributed by atoms with Crippen molar-refractivity contribution in [1.82, 2.24) is 15.3 Å². The molecule has 1 aliphatic carbocycles. The second-order valence-electron chi connectivity index (χ2n) is 5.10. The molecule has 20 heavy (non-hydrogen) atoms. The van der Waals surface area contributed by atoms with Crippen LogP contribution in [0.3, 0.4) is 0 Å². The molecule has 6 nitrogen and oxygen atoms in total. The summed E-state index contributed by atoms with van der Waals surface area (Å²) < 4.78 is 0. The number of aliphatic hydroxyl groups is 1. The van der Waals surface area contributed by atoms with Crippen molar-refractivity contribution in [2.75, 3.05) is 13.2 Å². The van der Waals surface area contributed by atoms with E-state index in [0.29, 0.717) is 24.1 Å². The maximum absolute atomic E-state index is 11.4. The lowest BCUT2D eigenvalue weighted by Crippen LogP contribution is -2.38. The Labute approximate surface area is 123 Å². The zero-order valence-electron chi connectivity index (χ0n) is 11.5. The number of hydrogen-bond acceptors (Lipinski definition) is 6. The third-order valence-electron chi connectivity index (χ3n) is 3.72. The quantitative estimate of drug-likeness (QED) is 0.412. The van der Waals surface area contributed by atoms with E-state index in [4.69, 9.17) is 5.84 Å². The van der Waals surface area contributed by atoms with E-state index in [1.807, 2.05) is 5.38 Å². The van der Waals surface area contributed by atoms with Gasteiger partial charge in [-0.15, -0.1) is 11.3 Å². The minimum atomic E-state index is -0.354. The lowest BCUT2D eigenvalue weighted by atomic mass is 9.94. The standard InChI is InChI=1S/C13H22N4O2S/c14-16-12(19)13-15-10(9-20-13)8-17(6-7-18)11-4-2-1-3-5-11/h9,11,18H,1-8,14H2,(H,16,19). The first-order valence-corrected chi connectivity index (χ1v) is 7.93. The Morgan fingerprint density at radius 2 is 2.25 bits per heavy atom. The van der Waals surface area contributed by atoms with Gasteiger partial charge in [0.15, 0.2) is 5.01 Å². The van der Waals surface area contributed by atoms with E-state index in [0.717, 1.165) is 5.69 Å². The Balaban J connectivity index is 1.99. The van der Waals surface area contributed by atoms with Crippen LogP contribution in [0.5, 0.6) is 0 Å². The molecule has 1 fully saturated rings. The van der Waals surface area contributed by atoms with Gasteiger partial charge in [0.2, 0.25) is 0 Å². The molecule has 112 valence electrons. The number of aliphatic hydroxyl groups excluding tert-OH is 1. The normalized spacial score (nSPS) is 16.6. The fourth-order valence-electron chi connectivity index (χ4n) is 2.72. The first kappa shape index (κ1) is 15.4. The molecule has 1 amide bonds. The van der Waals surface area contributed by atoms with Crippen LogP contribution in [0.15, 0.2) is 5.38 Å². The number of carbonyl (C=O) groups is 1. The number of nitrogens with zero attached hydrogens (tertiary/aromatic N) is 2. The van der Waals surface area contributed by atoms with Crippen LogP contribution in [-0.2, 0) is 6.54 Å². The van der Waals surface area contributed by atoms with Crippen LogP contribution < -0.4 is 11.3 Å². The number of nitrogens with one attached hydrogen (secondary N) is 1. The summed E-state index contributed by atoms with van der Waals surface area (Å²) in [4.78, 5) is 18.0. The second kappa shape index (κ2) is 7.68. The highest BCUT2D eigenvalue weighted by atomic mass is 32.1. The molecular weight excluding hydrogens is 276 g/mol. The fraction of sp³-hybridized carbons (Fsp3) is 0.692. The van der Waals surface area contributed by atoms with Gasteiger partial charge in [-0.3, -0.25) is 15.1 Å². The number of rotatable bonds is 6. The zero-order valence-corrected chi connectivity index (χ0v) is 12.4. The van der Waals surface area contributed by atoms with Gasteiger partial charge in [0, 0.05) is 24.5 Å². The molecule has 0 aromatic carbocycles. The van der Waals surface area contributed by atoms with Gasteiger partial charge < -0.3 is 5.11 Å². The number of hydrogen-bond donors (Lipinski definition) is 3. The summed E-state index contributed by atoms with van der Waals surface area (Å²) in [6.07, 6.45) is 6.18. The summed E-state index contributed by atoms with van der Waals surface area (Å²) in [5.74, 6) is 4.75. The topological polar surface area (TPSA) is 91.5 Å². The number of thiazole rings is 1. The number of carbonyl (C=O) groups excluding carboxylic acids is 1. The van der Waals surface area contributed by atoms with Crippen molar-refractivity contribution in [3.8, 4) is 0 Å². The average molecular weight is 298 g/mol. The summed E-state index contributed by atoms with van der Waals surface area (Å²) in [6.45, 7) is 1.48. The molecule has 0 spiro atoms. The molecule has 1 aromatic heterocycles. The van der Waals surface area contributed by atoms with E-state index in [2.05, 4.69) is 15.3 Å². The average Bonchev–Trinajstić information content (AvgIpc) is 2.95. The first-order valence-electron chi connectivity index (χ1n) is 7.05. The predicted octanol–water partition coefficient (Wildman–Crippen LogP) is 0.874. The zero-order chi connectivity index (χ0) is 14.4. The summed E-state index contributed by atoms with van der Waals surface area (Å²) >= 11 is 1.30. The van der Waals surface area contributed by atoms with Crippen molar-refractivity contribution in [1.29, 1.82) is 0 Å². The Morgan fingerprint density at radius 3 is 2.90 bits per heavy atom. The molecule has 4 N–H and O–H groups in total.